The maximum absolute atomic E-state index is 9.48. The number of nitrogen functional groups attached to an aromatic ring is 1. The molecule has 0 unspecified atom stereocenters. The van der Waals surface area contributed by atoms with Crippen LogP contribution >= 0.6 is 0 Å². The van der Waals surface area contributed by atoms with Crippen molar-refractivity contribution in [2.24, 2.45) is 5.41 Å². The Bertz CT molecular complexity index is 868. The summed E-state index contributed by atoms with van der Waals surface area (Å²) in [5.74, 6) is 0.611. The number of anilines is 1. The normalized spacial score (nSPS) is 16.4. The average Bonchev–Trinajstić information content (AvgIpc) is 2.87. The Hall–Kier alpha value is -2.67. The highest BCUT2D eigenvalue weighted by molar-refractivity contribution is 5.98. The zero-order chi connectivity index (χ0) is 16.0. The van der Waals surface area contributed by atoms with Gasteiger partial charge in [0, 0.05) is 11.0 Å². The highest BCUT2D eigenvalue weighted by Crippen LogP contribution is 2.34. The topological polar surface area (TPSA) is 99.1 Å². The molecule has 4 rings (SSSR count). The van der Waals surface area contributed by atoms with Gasteiger partial charge in [-0.2, -0.15) is 5.10 Å². The molecule has 0 aliphatic carbocycles. The number of aromatic nitrogens is 4. The van der Waals surface area contributed by atoms with Gasteiger partial charge < -0.3 is 15.6 Å². The standard InChI is InChI=1S/C16H17N5O2/c1-16(7-23-8-16)6-21-15-12(14(17)18-9-19-15)13(20-21)10-2-4-11(22)5-3-10/h2-5,9,22H,6-8H2,1H3,(H2,17,18,19). The first-order valence-corrected chi connectivity index (χ1v) is 7.40. The molecule has 0 radical (unpaired) electrons. The largest absolute Gasteiger partial charge is 0.508 e. The molecule has 23 heavy (non-hydrogen) atoms. The minimum Gasteiger partial charge on any atom is -0.508 e. The summed E-state index contributed by atoms with van der Waals surface area (Å²) < 4.78 is 7.20. The minimum atomic E-state index is 0.0604. The number of nitrogens with zero attached hydrogens (tertiary/aromatic N) is 4. The summed E-state index contributed by atoms with van der Waals surface area (Å²) in [6.45, 7) is 4.29. The number of fused-ring (bicyclic) bond motifs is 1. The Morgan fingerprint density at radius 2 is 2.00 bits per heavy atom. The average molecular weight is 311 g/mol. The lowest BCUT2D eigenvalue weighted by atomic mass is 9.89. The Kier molecular flexibility index (Phi) is 2.99. The van der Waals surface area contributed by atoms with E-state index in [4.69, 9.17) is 15.6 Å². The monoisotopic (exact) mass is 311 g/mol. The van der Waals surface area contributed by atoms with Crippen LogP contribution in [0.25, 0.3) is 22.3 Å². The number of rotatable bonds is 3. The van der Waals surface area contributed by atoms with Gasteiger partial charge >= 0.3 is 0 Å². The lowest BCUT2D eigenvalue weighted by Crippen LogP contribution is -2.43. The second kappa shape index (κ2) is 4.92. The van der Waals surface area contributed by atoms with Gasteiger partial charge in [-0.05, 0) is 24.3 Å². The second-order valence-corrected chi connectivity index (χ2v) is 6.31. The predicted molar refractivity (Wildman–Crippen MR) is 85.8 cm³/mol. The van der Waals surface area contributed by atoms with Crippen LogP contribution in [0.4, 0.5) is 5.82 Å². The van der Waals surface area contributed by atoms with Gasteiger partial charge in [-0.15, -0.1) is 0 Å². The van der Waals surface area contributed by atoms with Crippen molar-refractivity contribution in [2.45, 2.75) is 13.5 Å². The molecule has 1 fully saturated rings. The molecule has 3 aromatic rings. The maximum atomic E-state index is 9.48. The van der Waals surface area contributed by atoms with E-state index in [0.29, 0.717) is 31.2 Å². The molecule has 0 amide bonds. The molecule has 0 spiro atoms. The van der Waals surface area contributed by atoms with E-state index in [1.165, 1.54) is 6.33 Å². The van der Waals surface area contributed by atoms with E-state index in [1.54, 1.807) is 12.1 Å². The van der Waals surface area contributed by atoms with Crippen LogP contribution < -0.4 is 5.73 Å². The SMILES string of the molecule is CC1(Cn2nc(-c3ccc(O)cc3)c3c(N)ncnc32)COC1. The Labute approximate surface area is 132 Å². The number of nitrogens with two attached hydrogens (primary N) is 1. The molecule has 3 N–H and O–H groups in total. The zero-order valence-electron chi connectivity index (χ0n) is 12.7. The van der Waals surface area contributed by atoms with E-state index in [-0.39, 0.29) is 11.2 Å². The molecule has 7 heteroatoms. The van der Waals surface area contributed by atoms with Crippen molar-refractivity contribution in [1.29, 1.82) is 0 Å². The van der Waals surface area contributed by atoms with E-state index in [0.717, 1.165) is 16.6 Å². The Morgan fingerprint density at radius 3 is 2.65 bits per heavy atom. The number of hydrogen-bond acceptors (Lipinski definition) is 6. The molecule has 0 saturated carbocycles. The Balaban J connectivity index is 1.88. The summed E-state index contributed by atoms with van der Waals surface area (Å²) in [4.78, 5) is 8.46. The van der Waals surface area contributed by atoms with Gasteiger partial charge in [-0.1, -0.05) is 6.92 Å². The van der Waals surface area contributed by atoms with E-state index >= 15 is 0 Å². The third kappa shape index (κ3) is 2.29. The molecule has 0 atom stereocenters. The van der Waals surface area contributed by atoms with Crippen molar-refractivity contribution in [2.75, 3.05) is 18.9 Å². The molecular formula is C16H17N5O2. The van der Waals surface area contributed by atoms with Crippen LogP contribution in [0.2, 0.25) is 0 Å². The summed E-state index contributed by atoms with van der Waals surface area (Å²) in [5, 5.41) is 14.9. The van der Waals surface area contributed by atoms with Crippen molar-refractivity contribution in [3.63, 3.8) is 0 Å². The third-order valence-electron chi connectivity index (χ3n) is 4.13. The summed E-state index contributed by atoms with van der Waals surface area (Å²) in [6.07, 6.45) is 1.45. The number of hydrogen-bond donors (Lipinski definition) is 2. The van der Waals surface area contributed by atoms with Gasteiger partial charge in [-0.25, -0.2) is 14.6 Å². The summed E-state index contributed by atoms with van der Waals surface area (Å²) >= 11 is 0. The van der Waals surface area contributed by atoms with Crippen molar-refractivity contribution < 1.29 is 9.84 Å². The minimum absolute atomic E-state index is 0.0604. The van der Waals surface area contributed by atoms with Crippen LogP contribution in [-0.2, 0) is 11.3 Å². The number of aromatic hydroxyl groups is 1. The summed E-state index contributed by atoms with van der Waals surface area (Å²) in [7, 11) is 0. The fraction of sp³-hybridized carbons (Fsp3) is 0.312. The number of phenols is 1. The van der Waals surface area contributed by atoms with Crippen molar-refractivity contribution in [1.82, 2.24) is 19.7 Å². The molecule has 1 saturated heterocycles. The number of ether oxygens (including phenoxy) is 1. The lowest BCUT2D eigenvalue weighted by Gasteiger charge is -2.37. The molecule has 118 valence electrons. The number of phenolic OH excluding ortho intramolecular Hbond substituents is 1. The summed E-state index contributed by atoms with van der Waals surface area (Å²) in [5.41, 5.74) is 8.43. The first kappa shape index (κ1) is 14.0. The molecule has 0 bridgehead atoms. The molecule has 1 aliphatic heterocycles. The van der Waals surface area contributed by atoms with Gasteiger partial charge in [0.2, 0.25) is 0 Å². The van der Waals surface area contributed by atoms with Gasteiger partial charge in [0.25, 0.3) is 0 Å². The van der Waals surface area contributed by atoms with E-state index in [9.17, 15) is 5.11 Å². The van der Waals surface area contributed by atoms with Gasteiger partial charge in [-0.3, -0.25) is 0 Å². The Morgan fingerprint density at radius 1 is 1.26 bits per heavy atom. The van der Waals surface area contributed by atoms with E-state index in [1.807, 2.05) is 16.8 Å². The molecule has 3 heterocycles. The highest BCUT2D eigenvalue weighted by atomic mass is 16.5. The third-order valence-corrected chi connectivity index (χ3v) is 4.13. The number of benzene rings is 1. The smallest absolute Gasteiger partial charge is 0.163 e. The van der Waals surface area contributed by atoms with Gasteiger partial charge in [0.05, 0.1) is 25.1 Å². The van der Waals surface area contributed by atoms with Crippen LogP contribution in [-0.4, -0.2) is 38.1 Å². The first-order chi connectivity index (χ1) is 11.1. The van der Waals surface area contributed by atoms with Crippen LogP contribution in [0, 0.1) is 5.41 Å². The summed E-state index contributed by atoms with van der Waals surface area (Å²) in [6, 6.07) is 6.87. The lowest BCUT2D eigenvalue weighted by molar-refractivity contribution is -0.111. The van der Waals surface area contributed by atoms with Gasteiger partial charge in [0.15, 0.2) is 5.65 Å². The van der Waals surface area contributed by atoms with Crippen molar-refractivity contribution in [3.05, 3.63) is 30.6 Å². The molecular weight excluding hydrogens is 294 g/mol. The molecule has 1 aromatic carbocycles. The molecule has 2 aromatic heterocycles. The highest BCUT2D eigenvalue weighted by Gasteiger charge is 2.35. The van der Waals surface area contributed by atoms with Crippen LogP contribution in [0.1, 0.15) is 6.92 Å². The zero-order valence-corrected chi connectivity index (χ0v) is 12.7. The van der Waals surface area contributed by atoms with E-state index < -0.39 is 0 Å². The molecule has 1 aliphatic rings. The second-order valence-electron chi connectivity index (χ2n) is 6.31. The molecule has 7 nitrogen and oxygen atoms in total. The van der Waals surface area contributed by atoms with Crippen molar-refractivity contribution >= 4 is 16.9 Å². The fourth-order valence-corrected chi connectivity index (χ4v) is 2.87. The first-order valence-electron chi connectivity index (χ1n) is 7.40. The van der Waals surface area contributed by atoms with E-state index in [2.05, 4.69) is 16.9 Å². The van der Waals surface area contributed by atoms with Crippen molar-refractivity contribution in [3.8, 4) is 17.0 Å². The van der Waals surface area contributed by atoms with Gasteiger partial charge in [0.1, 0.15) is 23.6 Å². The van der Waals surface area contributed by atoms with Crippen LogP contribution in [0.3, 0.4) is 0 Å². The predicted octanol–water partition coefficient (Wildman–Crippen LogP) is 1.82. The van der Waals surface area contributed by atoms with Crippen LogP contribution in [0.5, 0.6) is 5.75 Å². The fourth-order valence-electron chi connectivity index (χ4n) is 2.87. The van der Waals surface area contributed by atoms with Crippen LogP contribution in [0.15, 0.2) is 30.6 Å². The maximum Gasteiger partial charge on any atom is 0.163 e. The quantitative estimate of drug-likeness (QED) is 0.765.